The summed E-state index contributed by atoms with van der Waals surface area (Å²) in [4.78, 5) is 14.9. The Morgan fingerprint density at radius 3 is 2.41 bits per heavy atom. The summed E-state index contributed by atoms with van der Waals surface area (Å²) >= 11 is 3.15. The normalized spacial score (nSPS) is 15.6. The lowest BCUT2D eigenvalue weighted by Crippen LogP contribution is -2.38. The molecule has 0 saturated carbocycles. The Bertz CT molecular complexity index is 1060. The van der Waals surface area contributed by atoms with Crippen molar-refractivity contribution in [3.63, 3.8) is 0 Å². The molecule has 1 aliphatic heterocycles. The third-order valence-corrected chi connectivity index (χ3v) is 7.67. The molecule has 1 N–H and O–H groups in total. The van der Waals surface area contributed by atoms with Gasteiger partial charge in [0.2, 0.25) is 0 Å². The van der Waals surface area contributed by atoms with Crippen LogP contribution in [-0.2, 0) is 17.1 Å². The molecule has 158 valence electrons. The van der Waals surface area contributed by atoms with Gasteiger partial charge in [-0.05, 0) is 50.8 Å². The van der Waals surface area contributed by atoms with Gasteiger partial charge in [0.1, 0.15) is 10.7 Å². The van der Waals surface area contributed by atoms with Crippen LogP contribution in [0, 0.1) is 25.6 Å². The van der Waals surface area contributed by atoms with Gasteiger partial charge >= 0.3 is 0 Å². The highest BCUT2D eigenvalue weighted by Crippen LogP contribution is 2.31. The Labute approximate surface area is 179 Å². The molecule has 2 heterocycles. The third kappa shape index (κ3) is 4.21. The van der Waals surface area contributed by atoms with Crippen LogP contribution in [0.3, 0.4) is 0 Å². The summed E-state index contributed by atoms with van der Waals surface area (Å²) in [6.07, 6.45) is 1.78. The first kappa shape index (κ1) is 21.8. The number of sulfonamides is 1. The average Bonchev–Trinajstić information content (AvgIpc) is 2.89. The van der Waals surface area contributed by atoms with E-state index in [2.05, 4.69) is 27.6 Å². The number of aromatic nitrogens is 1. The van der Waals surface area contributed by atoms with Crippen molar-refractivity contribution in [3.8, 4) is 0 Å². The van der Waals surface area contributed by atoms with Crippen LogP contribution in [0.15, 0.2) is 27.6 Å². The molecule has 1 aliphatic rings. The van der Waals surface area contributed by atoms with Crippen molar-refractivity contribution < 1.29 is 17.6 Å². The smallest absolute Gasteiger partial charge is 0.264 e. The molecule has 2 aromatic rings. The van der Waals surface area contributed by atoms with Crippen LogP contribution in [-0.4, -0.2) is 36.9 Å². The van der Waals surface area contributed by atoms with E-state index in [0.717, 1.165) is 12.8 Å². The minimum Gasteiger partial charge on any atom is -0.350 e. The van der Waals surface area contributed by atoms with Gasteiger partial charge in [-0.1, -0.05) is 22.9 Å². The Balaban J connectivity index is 2.04. The number of halogens is 2. The molecule has 0 radical (unpaired) electrons. The number of rotatable bonds is 4. The lowest BCUT2D eigenvalue weighted by Gasteiger charge is -2.30. The molecule has 1 saturated heterocycles. The van der Waals surface area contributed by atoms with E-state index in [1.807, 2.05) is 0 Å². The van der Waals surface area contributed by atoms with Gasteiger partial charge in [-0.2, -0.15) is 0 Å². The number of carbonyl (C=O) groups is 1. The Kier molecular flexibility index (Phi) is 6.10. The zero-order valence-electron chi connectivity index (χ0n) is 16.9. The monoisotopic (exact) mass is 485 g/mol. The molecule has 0 bridgehead atoms. The lowest BCUT2D eigenvalue weighted by molar-refractivity contribution is 0.0692. The molecule has 3 rings (SSSR count). The van der Waals surface area contributed by atoms with Gasteiger partial charge in [-0.15, -0.1) is 0 Å². The molecule has 0 atom stereocenters. The number of piperidine rings is 1. The van der Waals surface area contributed by atoms with Crippen LogP contribution in [0.1, 0.15) is 41.5 Å². The van der Waals surface area contributed by atoms with Crippen molar-refractivity contribution in [3.05, 3.63) is 45.4 Å². The second-order valence-corrected chi connectivity index (χ2v) is 10.2. The number of anilines is 1. The van der Waals surface area contributed by atoms with Gasteiger partial charge in [0.25, 0.3) is 15.9 Å². The van der Waals surface area contributed by atoms with E-state index in [9.17, 15) is 17.6 Å². The molecule has 0 aliphatic carbocycles. The fraction of sp³-hybridized carbons (Fsp3) is 0.450. The molecular weight excluding hydrogens is 461 g/mol. The largest absolute Gasteiger partial charge is 0.350 e. The van der Waals surface area contributed by atoms with Crippen LogP contribution in [0.25, 0.3) is 0 Å². The van der Waals surface area contributed by atoms with Crippen LogP contribution in [0.4, 0.5) is 10.1 Å². The Morgan fingerprint density at radius 1 is 1.21 bits per heavy atom. The zero-order chi connectivity index (χ0) is 21.5. The highest BCUT2D eigenvalue weighted by atomic mass is 79.9. The minimum absolute atomic E-state index is 0.0940. The van der Waals surface area contributed by atoms with E-state index in [-0.39, 0.29) is 22.1 Å². The van der Waals surface area contributed by atoms with Crippen molar-refractivity contribution in [2.75, 3.05) is 17.8 Å². The Morgan fingerprint density at radius 2 is 1.83 bits per heavy atom. The molecule has 0 spiro atoms. The third-order valence-electron chi connectivity index (χ3n) is 5.65. The molecule has 9 heteroatoms. The molecule has 1 aromatic heterocycles. The molecule has 1 amide bonds. The van der Waals surface area contributed by atoms with Crippen molar-refractivity contribution in [1.29, 1.82) is 0 Å². The predicted molar refractivity (Wildman–Crippen MR) is 114 cm³/mol. The molecular formula is C20H25BrFN3O3S. The van der Waals surface area contributed by atoms with Crippen molar-refractivity contribution in [2.24, 2.45) is 13.0 Å². The molecule has 29 heavy (non-hydrogen) atoms. The summed E-state index contributed by atoms with van der Waals surface area (Å²) in [6, 6.07) is 4.07. The van der Waals surface area contributed by atoms with E-state index in [4.69, 9.17) is 0 Å². The average molecular weight is 486 g/mol. The summed E-state index contributed by atoms with van der Waals surface area (Å²) in [5.74, 6) is -0.455. The standard InChI is InChI=1S/C20H25BrFN3O3S/c1-12-7-9-25(10-8-12)20(26)18-13(2)24(4)14(3)19(18)29(27,28)23-17-6-5-15(21)11-16(17)22/h5-6,11-12,23H,7-10H2,1-4H3. The predicted octanol–water partition coefficient (Wildman–Crippen LogP) is 4.22. The second-order valence-electron chi connectivity index (χ2n) is 7.64. The second kappa shape index (κ2) is 8.10. The zero-order valence-corrected chi connectivity index (χ0v) is 19.3. The highest BCUT2D eigenvalue weighted by molar-refractivity contribution is 9.10. The number of amides is 1. The number of benzene rings is 1. The molecule has 1 fully saturated rings. The number of nitrogens with zero attached hydrogens (tertiary/aromatic N) is 2. The van der Waals surface area contributed by atoms with Gasteiger partial charge < -0.3 is 9.47 Å². The van der Waals surface area contributed by atoms with Gasteiger partial charge in [0.05, 0.1) is 11.3 Å². The minimum atomic E-state index is -4.18. The lowest BCUT2D eigenvalue weighted by atomic mass is 9.98. The fourth-order valence-electron chi connectivity index (χ4n) is 3.64. The molecule has 1 aromatic carbocycles. The first-order chi connectivity index (χ1) is 13.5. The summed E-state index contributed by atoms with van der Waals surface area (Å²) < 4.78 is 45.1. The van der Waals surface area contributed by atoms with E-state index in [1.54, 1.807) is 36.4 Å². The number of nitrogens with one attached hydrogen (secondary N) is 1. The van der Waals surface area contributed by atoms with Crippen LogP contribution in [0.5, 0.6) is 0 Å². The molecule has 0 unspecified atom stereocenters. The number of hydrogen-bond acceptors (Lipinski definition) is 3. The maximum absolute atomic E-state index is 14.2. The topological polar surface area (TPSA) is 71.4 Å². The maximum atomic E-state index is 14.2. The highest BCUT2D eigenvalue weighted by Gasteiger charge is 2.34. The van der Waals surface area contributed by atoms with Crippen LogP contribution >= 0.6 is 15.9 Å². The fourth-order valence-corrected chi connectivity index (χ4v) is 5.56. The van der Waals surface area contributed by atoms with Gasteiger partial charge in [-0.3, -0.25) is 9.52 Å². The van der Waals surface area contributed by atoms with Crippen LogP contribution in [0.2, 0.25) is 0 Å². The summed E-state index contributed by atoms with van der Waals surface area (Å²) in [7, 11) is -2.46. The van der Waals surface area contributed by atoms with Gasteiger partial charge in [0.15, 0.2) is 0 Å². The van der Waals surface area contributed by atoms with Gasteiger partial charge in [-0.25, -0.2) is 12.8 Å². The maximum Gasteiger partial charge on any atom is 0.264 e. The molecule has 6 nitrogen and oxygen atoms in total. The SMILES string of the molecule is Cc1c(C(=O)N2CCC(C)CC2)c(S(=O)(=O)Nc2ccc(Br)cc2F)c(C)n1C. The van der Waals surface area contributed by atoms with E-state index in [1.165, 1.54) is 12.1 Å². The number of hydrogen-bond donors (Lipinski definition) is 1. The number of carbonyl (C=O) groups excluding carboxylic acids is 1. The van der Waals surface area contributed by atoms with E-state index in [0.29, 0.717) is 34.9 Å². The van der Waals surface area contributed by atoms with Gasteiger partial charge in [0, 0.05) is 36.0 Å². The van der Waals surface area contributed by atoms with Crippen molar-refractivity contribution in [2.45, 2.75) is 38.5 Å². The van der Waals surface area contributed by atoms with Crippen molar-refractivity contribution >= 4 is 37.5 Å². The summed E-state index contributed by atoms with van der Waals surface area (Å²) in [6.45, 7) is 6.72. The summed E-state index contributed by atoms with van der Waals surface area (Å²) in [5.41, 5.74) is 0.993. The first-order valence-electron chi connectivity index (χ1n) is 9.46. The Hall–Kier alpha value is -1.87. The van der Waals surface area contributed by atoms with Crippen molar-refractivity contribution in [1.82, 2.24) is 9.47 Å². The van der Waals surface area contributed by atoms with E-state index < -0.39 is 15.8 Å². The quantitative estimate of drug-likeness (QED) is 0.704. The first-order valence-corrected chi connectivity index (χ1v) is 11.7. The van der Waals surface area contributed by atoms with E-state index >= 15 is 0 Å². The summed E-state index contributed by atoms with van der Waals surface area (Å²) in [5, 5.41) is 0. The van der Waals surface area contributed by atoms with Crippen LogP contribution < -0.4 is 4.72 Å². The number of likely N-dealkylation sites (tertiary alicyclic amines) is 1.